The molecule has 0 atom stereocenters. The van der Waals surface area contributed by atoms with Crippen molar-refractivity contribution in [3.63, 3.8) is 0 Å². The Morgan fingerprint density at radius 2 is 2.12 bits per heavy atom. The van der Waals surface area contributed by atoms with Crippen molar-refractivity contribution in [2.75, 3.05) is 7.11 Å². The van der Waals surface area contributed by atoms with Crippen LogP contribution in [0, 0.1) is 5.92 Å². The largest absolute Gasteiger partial charge is 0.378 e. The first kappa shape index (κ1) is 13.8. The van der Waals surface area contributed by atoms with Gasteiger partial charge in [-0.2, -0.15) is 5.10 Å². The molecule has 1 aromatic rings. The van der Waals surface area contributed by atoms with E-state index in [2.05, 4.69) is 18.9 Å². The number of methoxy groups -OCH3 is 1. The van der Waals surface area contributed by atoms with Gasteiger partial charge in [0.2, 0.25) is 0 Å². The Balaban J connectivity index is 2.84. The third-order valence-electron chi connectivity index (χ3n) is 2.40. The van der Waals surface area contributed by atoms with Gasteiger partial charge in [-0.1, -0.05) is 25.4 Å². The van der Waals surface area contributed by atoms with Crippen molar-refractivity contribution >= 4 is 23.2 Å². The number of hydrogen-bond donors (Lipinski definition) is 0. The van der Waals surface area contributed by atoms with Gasteiger partial charge in [-0.05, 0) is 12.3 Å². The lowest BCUT2D eigenvalue weighted by molar-refractivity contribution is 0.180. The van der Waals surface area contributed by atoms with Gasteiger partial charge < -0.3 is 4.74 Å². The van der Waals surface area contributed by atoms with Crippen LogP contribution in [-0.2, 0) is 23.8 Å². The van der Waals surface area contributed by atoms with Crippen molar-refractivity contribution in [3.05, 3.63) is 16.4 Å². The second-order valence-electron chi connectivity index (χ2n) is 4.19. The predicted molar refractivity (Wildman–Crippen MR) is 67.0 cm³/mol. The summed E-state index contributed by atoms with van der Waals surface area (Å²) in [5.74, 6) is 1.00. The Bertz CT molecular complexity index is 337. The first-order valence-electron chi connectivity index (χ1n) is 5.39. The van der Waals surface area contributed by atoms with Crippen molar-refractivity contribution in [2.45, 2.75) is 39.3 Å². The van der Waals surface area contributed by atoms with Crippen LogP contribution in [0.5, 0.6) is 0 Å². The van der Waals surface area contributed by atoms with E-state index in [1.165, 1.54) is 0 Å². The maximum atomic E-state index is 6.21. The first-order valence-corrected chi connectivity index (χ1v) is 6.30. The molecule has 0 aliphatic rings. The highest BCUT2D eigenvalue weighted by Gasteiger charge is 2.15. The van der Waals surface area contributed by atoms with Gasteiger partial charge in [0.1, 0.15) is 5.15 Å². The normalized spacial score (nSPS) is 11.4. The highest BCUT2D eigenvalue weighted by Crippen LogP contribution is 2.23. The minimum absolute atomic E-state index is 0.374. The van der Waals surface area contributed by atoms with E-state index in [1.807, 2.05) is 4.68 Å². The lowest BCUT2D eigenvalue weighted by Crippen LogP contribution is -2.04. The van der Waals surface area contributed by atoms with Crippen LogP contribution < -0.4 is 0 Å². The van der Waals surface area contributed by atoms with Crippen LogP contribution in [0.3, 0.4) is 0 Å². The third-order valence-corrected chi connectivity index (χ3v) is 3.09. The van der Waals surface area contributed by atoms with Crippen LogP contribution in [0.15, 0.2) is 0 Å². The van der Waals surface area contributed by atoms with E-state index in [0.717, 1.165) is 24.2 Å². The van der Waals surface area contributed by atoms with E-state index in [9.17, 15) is 0 Å². The summed E-state index contributed by atoms with van der Waals surface area (Å²) in [6, 6.07) is 0. The van der Waals surface area contributed by atoms with Gasteiger partial charge in [-0.3, -0.25) is 4.68 Å². The number of nitrogens with zero attached hydrogens (tertiary/aromatic N) is 2. The molecule has 92 valence electrons. The molecule has 0 aromatic carbocycles. The molecular formula is C11H18Cl2N2O. The quantitative estimate of drug-likeness (QED) is 0.736. The fraction of sp³-hybridized carbons (Fsp3) is 0.727. The summed E-state index contributed by atoms with van der Waals surface area (Å²) in [4.78, 5) is 0. The number of halogens is 2. The van der Waals surface area contributed by atoms with Gasteiger partial charge in [0.05, 0.1) is 18.2 Å². The van der Waals surface area contributed by atoms with Gasteiger partial charge >= 0.3 is 0 Å². The number of ether oxygens (including phenoxy) is 1. The third kappa shape index (κ3) is 3.37. The van der Waals surface area contributed by atoms with E-state index in [0.29, 0.717) is 23.6 Å². The number of rotatable bonds is 6. The van der Waals surface area contributed by atoms with Gasteiger partial charge in [0.15, 0.2) is 0 Å². The van der Waals surface area contributed by atoms with Crippen LogP contribution in [0.1, 0.15) is 31.5 Å². The smallest absolute Gasteiger partial charge is 0.131 e. The molecule has 5 heteroatoms. The van der Waals surface area contributed by atoms with Gasteiger partial charge in [-0.15, -0.1) is 11.6 Å². The van der Waals surface area contributed by atoms with E-state index in [-0.39, 0.29) is 0 Å². The zero-order valence-corrected chi connectivity index (χ0v) is 11.5. The number of hydrogen-bond acceptors (Lipinski definition) is 2. The van der Waals surface area contributed by atoms with Crippen molar-refractivity contribution < 1.29 is 4.74 Å². The zero-order chi connectivity index (χ0) is 12.1. The topological polar surface area (TPSA) is 27.1 Å². The molecule has 0 aliphatic heterocycles. The Kier molecular flexibility index (Phi) is 5.59. The van der Waals surface area contributed by atoms with Crippen LogP contribution in [-0.4, -0.2) is 16.9 Å². The van der Waals surface area contributed by atoms with Crippen molar-refractivity contribution in [1.82, 2.24) is 9.78 Å². The van der Waals surface area contributed by atoms with E-state index in [1.54, 1.807) is 7.11 Å². The Labute approximate surface area is 107 Å². The van der Waals surface area contributed by atoms with Gasteiger partial charge in [0, 0.05) is 19.2 Å². The molecule has 1 heterocycles. The van der Waals surface area contributed by atoms with Crippen molar-refractivity contribution in [1.29, 1.82) is 0 Å². The number of alkyl halides is 1. The van der Waals surface area contributed by atoms with Crippen molar-refractivity contribution in [3.8, 4) is 0 Å². The lowest BCUT2D eigenvalue weighted by atomic mass is 10.1. The standard InChI is InChI=1S/C11H18Cl2N2O/c1-8(2)4-5-15-11(13)9(6-12)10(14-15)7-16-3/h8H,4-7H2,1-3H3. The van der Waals surface area contributed by atoms with E-state index < -0.39 is 0 Å². The molecule has 0 fully saturated rings. The maximum Gasteiger partial charge on any atom is 0.131 e. The molecule has 0 amide bonds. The van der Waals surface area contributed by atoms with E-state index in [4.69, 9.17) is 27.9 Å². The van der Waals surface area contributed by atoms with Crippen molar-refractivity contribution in [2.24, 2.45) is 5.92 Å². The predicted octanol–water partition coefficient (Wildman–Crippen LogP) is 3.47. The molecule has 0 aliphatic carbocycles. The first-order chi connectivity index (χ1) is 7.60. The summed E-state index contributed by atoms with van der Waals surface area (Å²) in [6.45, 7) is 5.63. The summed E-state index contributed by atoms with van der Waals surface area (Å²) in [5, 5.41) is 5.06. The highest BCUT2D eigenvalue weighted by atomic mass is 35.5. The molecule has 0 bridgehead atoms. The number of aryl methyl sites for hydroxylation is 1. The molecule has 0 radical (unpaired) electrons. The van der Waals surface area contributed by atoms with Gasteiger partial charge in [0.25, 0.3) is 0 Å². The summed E-state index contributed by atoms with van der Waals surface area (Å²) >= 11 is 12.1. The summed E-state index contributed by atoms with van der Waals surface area (Å²) < 4.78 is 6.88. The van der Waals surface area contributed by atoms with Crippen LogP contribution >= 0.6 is 23.2 Å². The molecule has 0 spiro atoms. The molecule has 16 heavy (non-hydrogen) atoms. The minimum atomic E-state index is 0.374. The zero-order valence-electron chi connectivity index (χ0n) is 9.96. The summed E-state index contributed by atoms with van der Waals surface area (Å²) in [6.07, 6.45) is 1.05. The van der Waals surface area contributed by atoms with Gasteiger partial charge in [-0.25, -0.2) is 0 Å². The SMILES string of the molecule is COCc1nn(CCC(C)C)c(Cl)c1CCl. The Morgan fingerprint density at radius 3 is 2.62 bits per heavy atom. The van der Waals surface area contributed by atoms with Crippen LogP contribution in [0.25, 0.3) is 0 Å². The second-order valence-corrected chi connectivity index (χ2v) is 4.81. The molecule has 3 nitrogen and oxygen atoms in total. The highest BCUT2D eigenvalue weighted by molar-refractivity contribution is 6.31. The molecule has 0 saturated carbocycles. The monoisotopic (exact) mass is 264 g/mol. The fourth-order valence-corrected chi connectivity index (χ4v) is 2.09. The Morgan fingerprint density at radius 1 is 1.44 bits per heavy atom. The fourth-order valence-electron chi connectivity index (χ4n) is 1.44. The minimum Gasteiger partial charge on any atom is -0.378 e. The molecule has 0 saturated heterocycles. The van der Waals surface area contributed by atoms with E-state index >= 15 is 0 Å². The molecule has 0 unspecified atom stereocenters. The molecule has 1 aromatic heterocycles. The van der Waals surface area contributed by atoms with Crippen LogP contribution in [0.2, 0.25) is 5.15 Å². The van der Waals surface area contributed by atoms with Crippen LogP contribution in [0.4, 0.5) is 0 Å². The molecule has 1 rings (SSSR count). The number of aromatic nitrogens is 2. The Hall–Kier alpha value is -0.250. The molecule has 0 N–H and O–H groups in total. The lowest BCUT2D eigenvalue weighted by Gasteiger charge is -2.05. The average Bonchev–Trinajstić information content (AvgIpc) is 2.52. The average molecular weight is 265 g/mol. The summed E-state index contributed by atoms with van der Waals surface area (Å²) in [7, 11) is 1.64. The summed E-state index contributed by atoms with van der Waals surface area (Å²) in [5.41, 5.74) is 1.72. The second kappa shape index (κ2) is 6.48. The molecular weight excluding hydrogens is 247 g/mol. The maximum absolute atomic E-state index is 6.21.